The fourth-order valence-corrected chi connectivity index (χ4v) is 2.53. The van der Waals surface area contributed by atoms with Crippen LogP contribution in [0.4, 0.5) is 11.4 Å². The van der Waals surface area contributed by atoms with Crippen molar-refractivity contribution in [1.29, 1.82) is 0 Å². The second kappa shape index (κ2) is 6.24. The molecule has 0 saturated heterocycles. The lowest BCUT2D eigenvalue weighted by atomic mass is 10.1. The van der Waals surface area contributed by atoms with Crippen molar-refractivity contribution >= 4 is 38.9 Å². The highest BCUT2D eigenvalue weighted by atomic mass is 79.9. The molecule has 4 nitrogen and oxygen atoms in total. The van der Waals surface area contributed by atoms with E-state index in [9.17, 15) is 10.1 Å². The molecule has 0 unspecified atom stereocenters. The molecule has 0 aliphatic carbocycles. The second-order valence-electron chi connectivity index (χ2n) is 4.35. The van der Waals surface area contributed by atoms with Crippen molar-refractivity contribution in [2.75, 3.05) is 5.32 Å². The van der Waals surface area contributed by atoms with Crippen LogP contribution < -0.4 is 5.32 Å². The predicted molar refractivity (Wildman–Crippen MR) is 84.3 cm³/mol. The lowest BCUT2D eigenvalue weighted by molar-refractivity contribution is -0.384. The third kappa shape index (κ3) is 3.49. The molecular formula is C14H12BrClN2O2. The molecule has 0 aromatic heterocycles. The minimum Gasteiger partial charge on any atom is -0.381 e. The van der Waals surface area contributed by atoms with Crippen LogP contribution in [0.15, 0.2) is 40.9 Å². The highest BCUT2D eigenvalue weighted by Crippen LogP contribution is 2.25. The van der Waals surface area contributed by atoms with Gasteiger partial charge in [0.25, 0.3) is 5.69 Å². The fraction of sp³-hybridized carbons (Fsp3) is 0.143. The number of hydrogen-bond donors (Lipinski definition) is 1. The maximum absolute atomic E-state index is 10.6. The monoisotopic (exact) mass is 354 g/mol. The number of nitrogens with one attached hydrogen (secondary N) is 1. The van der Waals surface area contributed by atoms with Crippen molar-refractivity contribution < 1.29 is 4.92 Å². The van der Waals surface area contributed by atoms with Crippen molar-refractivity contribution in [2.45, 2.75) is 13.5 Å². The summed E-state index contributed by atoms with van der Waals surface area (Å²) in [4.78, 5) is 10.2. The van der Waals surface area contributed by atoms with Crippen molar-refractivity contribution in [3.63, 3.8) is 0 Å². The topological polar surface area (TPSA) is 55.2 Å². The summed E-state index contributed by atoms with van der Waals surface area (Å²) in [5.74, 6) is 0. The van der Waals surface area contributed by atoms with Gasteiger partial charge in [0.1, 0.15) is 0 Å². The summed E-state index contributed by atoms with van der Waals surface area (Å²) in [6, 6.07) is 10.4. The van der Waals surface area contributed by atoms with Gasteiger partial charge in [-0.15, -0.1) is 0 Å². The van der Waals surface area contributed by atoms with E-state index < -0.39 is 4.92 Å². The summed E-state index contributed by atoms with van der Waals surface area (Å²) in [6.07, 6.45) is 0. The summed E-state index contributed by atoms with van der Waals surface area (Å²) in [5.41, 5.74) is 2.93. The highest BCUT2D eigenvalue weighted by Gasteiger charge is 2.09. The summed E-state index contributed by atoms with van der Waals surface area (Å²) >= 11 is 9.47. The first-order valence-corrected chi connectivity index (χ1v) is 7.07. The van der Waals surface area contributed by atoms with Crippen LogP contribution >= 0.6 is 27.5 Å². The average molecular weight is 356 g/mol. The lowest BCUT2D eigenvalue weighted by Crippen LogP contribution is -2.02. The molecule has 2 rings (SSSR count). The minimum absolute atomic E-state index is 0.00132. The van der Waals surface area contributed by atoms with Crippen LogP contribution in [-0.4, -0.2) is 4.92 Å². The van der Waals surface area contributed by atoms with Gasteiger partial charge in [0.05, 0.1) is 9.95 Å². The van der Waals surface area contributed by atoms with Crippen LogP contribution in [0.2, 0.25) is 5.02 Å². The Balaban J connectivity index is 2.13. The van der Waals surface area contributed by atoms with Crippen molar-refractivity contribution in [3.05, 3.63) is 67.1 Å². The number of anilines is 1. The molecule has 0 aliphatic heterocycles. The molecule has 2 aromatic rings. The van der Waals surface area contributed by atoms with Gasteiger partial charge in [-0.25, -0.2) is 0 Å². The van der Waals surface area contributed by atoms with Gasteiger partial charge in [0.15, 0.2) is 0 Å². The zero-order valence-corrected chi connectivity index (χ0v) is 13.0. The number of rotatable bonds is 4. The van der Waals surface area contributed by atoms with E-state index in [1.807, 2.05) is 25.1 Å². The number of non-ortho nitro benzene ring substituents is 1. The van der Waals surface area contributed by atoms with Gasteiger partial charge in [-0.3, -0.25) is 10.1 Å². The number of benzene rings is 2. The van der Waals surface area contributed by atoms with Gasteiger partial charge < -0.3 is 5.32 Å². The Morgan fingerprint density at radius 1 is 1.30 bits per heavy atom. The molecule has 0 aliphatic rings. The van der Waals surface area contributed by atoms with Crippen LogP contribution in [0, 0.1) is 17.0 Å². The molecule has 0 spiro atoms. The molecule has 6 heteroatoms. The summed E-state index contributed by atoms with van der Waals surface area (Å²) < 4.78 is 1.02. The van der Waals surface area contributed by atoms with Gasteiger partial charge in [-0.05, 0) is 42.3 Å². The molecule has 0 saturated carbocycles. The predicted octanol–water partition coefficient (Wildman–Crippen LogP) is 4.93. The van der Waals surface area contributed by atoms with Crippen molar-refractivity contribution in [2.24, 2.45) is 0 Å². The Hall–Kier alpha value is -1.59. The normalized spacial score (nSPS) is 10.3. The van der Waals surface area contributed by atoms with Crippen molar-refractivity contribution in [3.8, 4) is 0 Å². The number of hydrogen-bond acceptors (Lipinski definition) is 3. The smallest absolute Gasteiger partial charge is 0.270 e. The van der Waals surface area contributed by atoms with E-state index in [1.165, 1.54) is 12.1 Å². The van der Waals surface area contributed by atoms with E-state index in [0.29, 0.717) is 11.6 Å². The summed E-state index contributed by atoms with van der Waals surface area (Å²) in [5, 5.41) is 14.3. The van der Waals surface area contributed by atoms with E-state index in [0.717, 1.165) is 21.3 Å². The molecule has 104 valence electrons. The Bertz CT molecular complexity index is 662. The van der Waals surface area contributed by atoms with Gasteiger partial charge in [0, 0.05) is 28.8 Å². The van der Waals surface area contributed by atoms with Crippen LogP contribution in [0.5, 0.6) is 0 Å². The van der Waals surface area contributed by atoms with Crippen molar-refractivity contribution in [1.82, 2.24) is 0 Å². The first-order valence-electron chi connectivity index (χ1n) is 5.90. The third-order valence-electron chi connectivity index (χ3n) is 2.91. The van der Waals surface area contributed by atoms with E-state index in [2.05, 4.69) is 21.2 Å². The van der Waals surface area contributed by atoms with Crippen LogP contribution in [0.1, 0.15) is 11.1 Å². The van der Waals surface area contributed by atoms with E-state index >= 15 is 0 Å². The number of nitro benzene ring substituents is 1. The molecule has 0 atom stereocenters. The Morgan fingerprint density at radius 2 is 2.05 bits per heavy atom. The number of aryl methyl sites for hydroxylation is 1. The third-order valence-corrected chi connectivity index (χ3v) is 3.75. The molecule has 20 heavy (non-hydrogen) atoms. The molecule has 0 bridgehead atoms. The Kier molecular flexibility index (Phi) is 4.62. The molecule has 0 radical (unpaired) electrons. The SMILES string of the molecule is Cc1cc(Br)ccc1NCc1ccc([N+](=O)[O-])cc1Cl. The van der Waals surface area contributed by atoms with Gasteiger partial charge in [0.2, 0.25) is 0 Å². The fourth-order valence-electron chi connectivity index (χ4n) is 1.81. The van der Waals surface area contributed by atoms with E-state index in [1.54, 1.807) is 6.07 Å². The maximum Gasteiger partial charge on any atom is 0.270 e. The lowest BCUT2D eigenvalue weighted by Gasteiger charge is -2.11. The van der Waals surface area contributed by atoms with Crippen LogP contribution in [0.3, 0.4) is 0 Å². The largest absolute Gasteiger partial charge is 0.381 e. The molecular weight excluding hydrogens is 344 g/mol. The standard InChI is InChI=1S/C14H12BrClN2O2/c1-9-6-11(15)3-5-14(9)17-8-10-2-4-12(18(19)20)7-13(10)16/h2-7,17H,8H2,1H3. The van der Waals surface area contributed by atoms with E-state index in [-0.39, 0.29) is 5.69 Å². The van der Waals surface area contributed by atoms with Gasteiger partial charge >= 0.3 is 0 Å². The van der Waals surface area contributed by atoms with Gasteiger partial charge in [-0.2, -0.15) is 0 Å². The molecule has 1 N–H and O–H groups in total. The number of nitro groups is 1. The van der Waals surface area contributed by atoms with Crippen LogP contribution in [-0.2, 0) is 6.54 Å². The molecule has 0 fully saturated rings. The van der Waals surface area contributed by atoms with E-state index in [4.69, 9.17) is 11.6 Å². The maximum atomic E-state index is 10.6. The summed E-state index contributed by atoms with van der Waals surface area (Å²) in [7, 11) is 0. The second-order valence-corrected chi connectivity index (χ2v) is 5.67. The molecule has 0 heterocycles. The first kappa shape index (κ1) is 14.8. The highest BCUT2D eigenvalue weighted by molar-refractivity contribution is 9.10. The summed E-state index contributed by atoms with van der Waals surface area (Å²) in [6.45, 7) is 2.52. The van der Waals surface area contributed by atoms with Crippen LogP contribution in [0.25, 0.3) is 0 Å². The Morgan fingerprint density at radius 3 is 2.65 bits per heavy atom. The Labute approximate surface area is 130 Å². The minimum atomic E-state index is -0.456. The quantitative estimate of drug-likeness (QED) is 0.625. The molecule has 2 aromatic carbocycles. The molecule has 0 amide bonds. The zero-order valence-electron chi connectivity index (χ0n) is 10.7. The zero-order chi connectivity index (χ0) is 14.7. The van der Waals surface area contributed by atoms with Gasteiger partial charge in [-0.1, -0.05) is 27.5 Å². The number of halogens is 2. The number of nitrogens with zero attached hydrogens (tertiary/aromatic N) is 1. The average Bonchev–Trinajstić information content (AvgIpc) is 2.38. The first-order chi connectivity index (χ1) is 9.47.